The van der Waals surface area contributed by atoms with Gasteiger partial charge in [0.25, 0.3) is 0 Å². The summed E-state index contributed by atoms with van der Waals surface area (Å²) in [4.78, 5) is 1.98. The van der Waals surface area contributed by atoms with Crippen LogP contribution >= 0.6 is 0 Å². The first-order valence-corrected chi connectivity index (χ1v) is 12.0. The Bertz CT molecular complexity index is 995. The fourth-order valence-electron chi connectivity index (χ4n) is 3.70. The lowest BCUT2D eigenvalue weighted by molar-refractivity contribution is -0.243. The zero-order valence-electron chi connectivity index (χ0n) is 18.0. The molecule has 1 fully saturated rings. The maximum absolute atomic E-state index is 14.0. The van der Waals surface area contributed by atoms with E-state index in [-0.39, 0.29) is 22.1 Å². The Morgan fingerprint density at radius 1 is 1.10 bits per heavy atom. The second-order valence-electron chi connectivity index (χ2n) is 8.97. The summed E-state index contributed by atoms with van der Waals surface area (Å²) in [5.41, 5.74) is 0.231. The fourth-order valence-corrected chi connectivity index (χ4v) is 5.40. The van der Waals surface area contributed by atoms with Crippen molar-refractivity contribution >= 4 is 9.84 Å². The second-order valence-corrected chi connectivity index (χ2v) is 11.0. The molecule has 0 saturated carbocycles. The number of sulfone groups is 1. The molecule has 5 nitrogen and oxygen atoms in total. The topological polar surface area (TPSA) is 66.8 Å². The minimum atomic E-state index is -3.51. The molecule has 0 radical (unpaired) electrons. The number of aliphatic hydroxyl groups excluding tert-OH is 1. The van der Waals surface area contributed by atoms with Crippen LogP contribution in [0.15, 0.2) is 47.4 Å². The molecule has 0 aliphatic carbocycles. The third-order valence-electron chi connectivity index (χ3n) is 5.33. The molecule has 2 aromatic carbocycles. The normalized spacial score (nSPS) is 17.6. The van der Waals surface area contributed by atoms with Gasteiger partial charge in [-0.25, -0.2) is 17.2 Å². The summed E-state index contributed by atoms with van der Waals surface area (Å²) in [6.45, 7) is 6.71. The van der Waals surface area contributed by atoms with Crippen LogP contribution in [0.3, 0.4) is 0 Å². The molecule has 0 bridgehead atoms. The van der Waals surface area contributed by atoms with E-state index >= 15 is 0 Å². The van der Waals surface area contributed by atoms with E-state index < -0.39 is 33.5 Å². The minimum Gasteiger partial charge on any atom is -0.356 e. The zero-order valence-corrected chi connectivity index (χ0v) is 18.8. The first kappa shape index (κ1) is 23.8. The largest absolute Gasteiger partial charge is 0.356 e. The molecule has 1 aliphatic rings. The Balaban J connectivity index is 1.61. The van der Waals surface area contributed by atoms with Crippen molar-refractivity contribution in [2.75, 3.05) is 18.8 Å². The third kappa shape index (κ3) is 6.32. The van der Waals surface area contributed by atoms with Crippen molar-refractivity contribution in [2.45, 2.75) is 50.5 Å². The first-order chi connectivity index (χ1) is 14.4. The Hall–Kier alpha value is -1.87. The Morgan fingerprint density at radius 3 is 2.26 bits per heavy atom. The maximum Gasteiger partial charge on any atom is 0.216 e. The highest BCUT2D eigenvalue weighted by Crippen LogP contribution is 2.28. The van der Waals surface area contributed by atoms with Crippen molar-refractivity contribution in [3.05, 3.63) is 54.1 Å². The molecule has 31 heavy (non-hydrogen) atoms. The van der Waals surface area contributed by atoms with Gasteiger partial charge in [-0.15, -0.1) is 0 Å². The number of nitrogens with zero attached hydrogens (tertiary/aromatic N) is 1. The van der Waals surface area contributed by atoms with Gasteiger partial charge < -0.3 is 9.84 Å². The van der Waals surface area contributed by atoms with Crippen molar-refractivity contribution in [1.29, 1.82) is 0 Å². The van der Waals surface area contributed by atoms with E-state index in [9.17, 15) is 22.3 Å². The quantitative estimate of drug-likeness (QED) is 0.664. The molecular formula is C23H29F2NO4S. The van der Waals surface area contributed by atoms with Crippen molar-refractivity contribution in [2.24, 2.45) is 5.92 Å². The number of piperidine rings is 1. The molecule has 2 aromatic rings. The van der Waals surface area contributed by atoms with Crippen LogP contribution in [0.1, 0.15) is 33.6 Å². The van der Waals surface area contributed by atoms with Gasteiger partial charge in [0.05, 0.1) is 16.2 Å². The molecular weight excluding hydrogens is 424 g/mol. The number of rotatable bonds is 6. The summed E-state index contributed by atoms with van der Waals surface area (Å²) in [6.07, 6.45) is 0.280. The fraction of sp³-hybridized carbons (Fsp3) is 0.478. The molecule has 1 atom stereocenters. The van der Waals surface area contributed by atoms with Crippen LogP contribution < -0.4 is 0 Å². The van der Waals surface area contributed by atoms with E-state index in [1.807, 2.05) is 20.8 Å². The summed E-state index contributed by atoms with van der Waals surface area (Å²) < 4.78 is 58.3. The van der Waals surface area contributed by atoms with Crippen LogP contribution in [0.4, 0.5) is 8.78 Å². The molecule has 1 saturated heterocycles. The van der Waals surface area contributed by atoms with Gasteiger partial charge >= 0.3 is 0 Å². The highest BCUT2D eigenvalue weighted by atomic mass is 32.2. The minimum absolute atomic E-state index is 0.0152. The number of aliphatic hydroxyl groups is 1. The van der Waals surface area contributed by atoms with Crippen LogP contribution in [0.2, 0.25) is 0 Å². The lowest BCUT2D eigenvalue weighted by atomic mass is 9.99. The Labute approximate surface area is 182 Å². The van der Waals surface area contributed by atoms with Crippen LogP contribution in [-0.2, 0) is 14.6 Å². The summed E-state index contributed by atoms with van der Waals surface area (Å²) in [7, 11) is -3.51. The average molecular weight is 454 g/mol. The molecule has 1 heterocycles. The monoisotopic (exact) mass is 453 g/mol. The van der Waals surface area contributed by atoms with E-state index in [0.29, 0.717) is 31.5 Å². The van der Waals surface area contributed by atoms with Crippen molar-refractivity contribution in [1.82, 2.24) is 4.90 Å². The van der Waals surface area contributed by atoms with Crippen molar-refractivity contribution in [3.63, 3.8) is 0 Å². The summed E-state index contributed by atoms with van der Waals surface area (Å²) >= 11 is 0. The number of likely N-dealkylation sites (tertiary alicyclic amines) is 1. The van der Waals surface area contributed by atoms with Gasteiger partial charge in [0.15, 0.2) is 9.84 Å². The number of hydrogen-bond donors (Lipinski definition) is 1. The van der Waals surface area contributed by atoms with E-state index in [4.69, 9.17) is 4.74 Å². The average Bonchev–Trinajstić information content (AvgIpc) is 2.67. The number of halogens is 2. The molecule has 8 heteroatoms. The molecule has 1 unspecified atom stereocenters. The van der Waals surface area contributed by atoms with E-state index in [2.05, 4.69) is 0 Å². The van der Waals surface area contributed by atoms with E-state index in [1.54, 1.807) is 4.90 Å². The number of hydrogen-bond acceptors (Lipinski definition) is 5. The molecule has 0 spiro atoms. The Kier molecular flexibility index (Phi) is 7.15. The lowest BCUT2D eigenvalue weighted by Gasteiger charge is -2.37. The molecule has 1 aliphatic heterocycles. The van der Waals surface area contributed by atoms with Gasteiger partial charge in [0, 0.05) is 24.7 Å². The van der Waals surface area contributed by atoms with Gasteiger partial charge in [-0.05, 0) is 69.4 Å². The van der Waals surface area contributed by atoms with Gasteiger partial charge in [-0.3, -0.25) is 4.90 Å². The van der Waals surface area contributed by atoms with Crippen LogP contribution in [0.5, 0.6) is 0 Å². The van der Waals surface area contributed by atoms with E-state index in [1.165, 1.54) is 36.4 Å². The second kappa shape index (κ2) is 9.32. The van der Waals surface area contributed by atoms with Gasteiger partial charge in [-0.1, -0.05) is 12.1 Å². The highest BCUT2D eigenvalue weighted by molar-refractivity contribution is 7.91. The standard InChI is InChI=1S/C23H29F2NO4S/c1-23(2,3)30-22(27)26-12-10-16(11-13-26)15-31(28,29)19-7-4-17(5-8-19)20-9-6-18(24)14-21(20)25/h4-9,14,16,22,27H,10-13,15H2,1-3H3. The van der Waals surface area contributed by atoms with Crippen LogP contribution in [-0.4, -0.2) is 49.3 Å². The zero-order chi connectivity index (χ0) is 22.8. The maximum atomic E-state index is 14.0. The van der Waals surface area contributed by atoms with Gasteiger partial charge in [0.1, 0.15) is 11.6 Å². The number of benzene rings is 2. The van der Waals surface area contributed by atoms with Gasteiger partial charge in [-0.2, -0.15) is 0 Å². The van der Waals surface area contributed by atoms with E-state index in [0.717, 1.165) is 6.07 Å². The lowest BCUT2D eigenvalue weighted by Crippen LogP contribution is -2.46. The molecule has 0 amide bonds. The van der Waals surface area contributed by atoms with Crippen LogP contribution in [0.25, 0.3) is 11.1 Å². The van der Waals surface area contributed by atoms with Crippen molar-refractivity contribution < 1.29 is 27.0 Å². The SMILES string of the molecule is CC(C)(C)OC(O)N1CCC(CS(=O)(=O)c2ccc(-c3ccc(F)cc3F)cc2)CC1. The first-order valence-electron chi connectivity index (χ1n) is 10.3. The van der Waals surface area contributed by atoms with Gasteiger partial charge in [0.2, 0.25) is 6.41 Å². The predicted molar refractivity (Wildman–Crippen MR) is 115 cm³/mol. The third-order valence-corrected chi connectivity index (χ3v) is 7.23. The molecule has 0 aromatic heterocycles. The summed E-state index contributed by atoms with van der Waals surface area (Å²) in [5.74, 6) is -1.36. The van der Waals surface area contributed by atoms with Crippen molar-refractivity contribution in [3.8, 4) is 11.1 Å². The Morgan fingerprint density at radius 2 is 1.71 bits per heavy atom. The smallest absolute Gasteiger partial charge is 0.216 e. The molecule has 1 N–H and O–H groups in total. The molecule has 170 valence electrons. The highest BCUT2D eigenvalue weighted by Gasteiger charge is 2.30. The van der Waals surface area contributed by atoms with Crippen LogP contribution in [0, 0.1) is 17.6 Å². The summed E-state index contributed by atoms with van der Waals surface area (Å²) in [6, 6.07) is 9.29. The summed E-state index contributed by atoms with van der Waals surface area (Å²) in [5, 5.41) is 10.2. The predicted octanol–water partition coefficient (Wildman–Crippen LogP) is 4.21. The number of ether oxygens (including phenoxy) is 1. The molecule has 3 rings (SSSR count).